The number of rotatable bonds is 7. The molecule has 3 nitrogen and oxygen atoms in total. The molecule has 0 radical (unpaired) electrons. The molecule has 1 unspecified atom stereocenters. The van der Waals surface area contributed by atoms with Gasteiger partial charge < -0.3 is 9.55 Å². The fourth-order valence-electron chi connectivity index (χ4n) is 2.87. The standard InChI is InChI=1S/C17H25N3S/c1-4-15-12-18-17(21)20(15)13-16(19(5-2)6-3)14-10-8-7-9-11-14/h7-12,16H,4-6,13H2,1-3H3,(H,18,21). The van der Waals surface area contributed by atoms with Gasteiger partial charge in [-0.05, 0) is 37.3 Å². The van der Waals surface area contributed by atoms with E-state index in [1.54, 1.807) is 0 Å². The van der Waals surface area contributed by atoms with E-state index in [9.17, 15) is 0 Å². The highest BCUT2D eigenvalue weighted by Gasteiger charge is 2.19. The molecule has 1 N–H and O–H groups in total. The molecule has 0 bridgehead atoms. The van der Waals surface area contributed by atoms with Crippen LogP contribution in [0, 0.1) is 4.77 Å². The van der Waals surface area contributed by atoms with Crippen molar-refractivity contribution in [2.24, 2.45) is 0 Å². The normalized spacial score (nSPS) is 12.8. The maximum absolute atomic E-state index is 5.46. The monoisotopic (exact) mass is 303 g/mol. The Hall–Kier alpha value is -1.39. The zero-order chi connectivity index (χ0) is 15.2. The summed E-state index contributed by atoms with van der Waals surface area (Å²) < 4.78 is 3.06. The summed E-state index contributed by atoms with van der Waals surface area (Å²) in [5.41, 5.74) is 2.62. The highest BCUT2D eigenvalue weighted by molar-refractivity contribution is 7.71. The van der Waals surface area contributed by atoms with Gasteiger partial charge in [-0.3, -0.25) is 4.90 Å². The van der Waals surface area contributed by atoms with Crippen LogP contribution in [0.5, 0.6) is 0 Å². The molecule has 1 aromatic carbocycles. The number of imidazole rings is 1. The van der Waals surface area contributed by atoms with Crippen LogP contribution in [0.2, 0.25) is 0 Å². The number of benzene rings is 1. The van der Waals surface area contributed by atoms with Crippen molar-refractivity contribution in [1.82, 2.24) is 14.5 Å². The average Bonchev–Trinajstić information content (AvgIpc) is 2.88. The Kier molecular flexibility index (Phi) is 5.76. The molecule has 0 spiro atoms. The minimum Gasteiger partial charge on any atom is -0.337 e. The van der Waals surface area contributed by atoms with Gasteiger partial charge in [-0.15, -0.1) is 0 Å². The second kappa shape index (κ2) is 7.57. The van der Waals surface area contributed by atoms with Crippen molar-refractivity contribution < 1.29 is 0 Å². The van der Waals surface area contributed by atoms with Crippen molar-refractivity contribution >= 4 is 12.2 Å². The molecule has 0 amide bonds. The summed E-state index contributed by atoms with van der Waals surface area (Å²) in [5, 5.41) is 0. The number of nitrogens with zero attached hydrogens (tertiary/aromatic N) is 2. The number of likely N-dealkylation sites (N-methyl/N-ethyl adjacent to an activating group) is 1. The van der Waals surface area contributed by atoms with E-state index in [1.165, 1.54) is 11.3 Å². The number of hydrogen-bond acceptors (Lipinski definition) is 2. The van der Waals surface area contributed by atoms with E-state index in [-0.39, 0.29) is 0 Å². The number of nitrogens with one attached hydrogen (secondary N) is 1. The van der Waals surface area contributed by atoms with Crippen LogP contribution in [0.15, 0.2) is 36.5 Å². The molecule has 0 saturated carbocycles. The number of H-pyrrole nitrogens is 1. The molecule has 4 heteroatoms. The third-order valence-corrected chi connectivity index (χ3v) is 4.45. The van der Waals surface area contributed by atoms with Crippen LogP contribution in [0.4, 0.5) is 0 Å². The topological polar surface area (TPSA) is 24.0 Å². The smallest absolute Gasteiger partial charge is 0.177 e. The van der Waals surface area contributed by atoms with E-state index >= 15 is 0 Å². The van der Waals surface area contributed by atoms with Crippen molar-refractivity contribution in [2.75, 3.05) is 13.1 Å². The van der Waals surface area contributed by atoms with Crippen LogP contribution in [-0.4, -0.2) is 27.5 Å². The molecule has 0 aliphatic rings. The summed E-state index contributed by atoms with van der Waals surface area (Å²) in [5.74, 6) is 0. The highest BCUT2D eigenvalue weighted by atomic mass is 32.1. The van der Waals surface area contributed by atoms with Crippen LogP contribution in [0.1, 0.15) is 38.1 Å². The number of aromatic amines is 1. The summed E-state index contributed by atoms with van der Waals surface area (Å²) in [7, 11) is 0. The first-order valence-electron chi connectivity index (χ1n) is 7.77. The van der Waals surface area contributed by atoms with E-state index in [1.807, 2.05) is 6.20 Å². The van der Waals surface area contributed by atoms with Gasteiger partial charge in [0.1, 0.15) is 0 Å². The molecule has 2 aromatic rings. The first-order chi connectivity index (χ1) is 10.2. The summed E-state index contributed by atoms with van der Waals surface area (Å²) in [4.78, 5) is 5.67. The second-order valence-electron chi connectivity index (χ2n) is 5.20. The van der Waals surface area contributed by atoms with Gasteiger partial charge >= 0.3 is 0 Å². The lowest BCUT2D eigenvalue weighted by Crippen LogP contribution is -2.32. The number of aromatic nitrogens is 2. The van der Waals surface area contributed by atoms with Gasteiger partial charge in [0.25, 0.3) is 0 Å². The van der Waals surface area contributed by atoms with E-state index in [2.05, 4.69) is 65.6 Å². The Labute approximate surface area is 132 Å². The van der Waals surface area contributed by atoms with Gasteiger partial charge in [-0.1, -0.05) is 51.1 Å². The van der Waals surface area contributed by atoms with Crippen LogP contribution < -0.4 is 0 Å². The highest BCUT2D eigenvalue weighted by Crippen LogP contribution is 2.23. The average molecular weight is 303 g/mol. The van der Waals surface area contributed by atoms with Crippen LogP contribution in [0.3, 0.4) is 0 Å². The van der Waals surface area contributed by atoms with Crippen molar-refractivity contribution in [3.8, 4) is 0 Å². The fourth-order valence-corrected chi connectivity index (χ4v) is 3.12. The van der Waals surface area contributed by atoms with Crippen molar-refractivity contribution in [3.05, 3.63) is 52.6 Å². The lowest BCUT2D eigenvalue weighted by Gasteiger charge is -2.31. The van der Waals surface area contributed by atoms with Crippen molar-refractivity contribution in [2.45, 2.75) is 39.8 Å². The van der Waals surface area contributed by atoms with Gasteiger partial charge in [0.2, 0.25) is 0 Å². The summed E-state index contributed by atoms with van der Waals surface area (Å²) in [6.07, 6.45) is 3.03. The maximum Gasteiger partial charge on any atom is 0.177 e. The molecule has 0 aliphatic carbocycles. The van der Waals surface area contributed by atoms with Gasteiger partial charge in [0.15, 0.2) is 4.77 Å². The van der Waals surface area contributed by atoms with Gasteiger partial charge in [0.05, 0.1) is 6.04 Å². The maximum atomic E-state index is 5.46. The first kappa shape index (κ1) is 16.0. The van der Waals surface area contributed by atoms with Crippen LogP contribution in [-0.2, 0) is 13.0 Å². The quantitative estimate of drug-likeness (QED) is 0.775. The van der Waals surface area contributed by atoms with Gasteiger partial charge in [-0.2, -0.15) is 0 Å². The number of hydrogen-bond donors (Lipinski definition) is 1. The Morgan fingerprint density at radius 2 is 1.81 bits per heavy atom. The molecule has 1 heterocycles. The predicted molar refractivity (Wildman–Crippen MR) is 91.1 cm³/mol. The Morgan fingerprint density at radius 1 is 1.14 bits per heavy atom. The summed E-state index contributed by atoms with van der Waals surface area (Å²) in [6.45, 7) is 9.58. The molecular formula is C17H25N3S. The minimum atomic E-state index is 0.356. The first-order valence-corrected chi connectivity index (χ1v) is 8.18. The molecule has 1 aromatic heterocycles. The van der Waals surface area contributed by atoms with E-state index < -0.39 is 0 Å². The molecule has 0 fully saturated rings. The summed E-state index contributed by atoms with van der Waals surface area (Å²) >= 11 is 5.46. The van der Waals surface area contributed by atoms with Crippen molar-refractivity contribution in [1.29, 1.82) is 0 Å². The largest absolute Gasteiger partial charge is 0.337 e. The van der Waals surface area contributed by atoms with E-state index in [4.69, 9.17) is 12.2 Å². The lowest BCUT2D eigenvalue weighted by molar-refractivity contribution is 0.196. The fraction of sp³-hybridized carbons (Fsp3) is 0.471. The number of aryl methyl sites for hydroxylation is 1. The SMILES string of the molecule is CCc1c[nH]c(=S)n1CC(c1ccccc1)N(CC)CC. The minimum absolute atomic E-state index is 0.356. The Bertz CT molecular complexity index is 596. The zero-order valence-electron chi connectivity index (χ0n) is 13.2. The van der Waals surface area contributed by atoms with Crippen molar-refractivity contribution in [3.63, 3.8) is 0 Å². The Balaban J connectivity index is 2.36. The van der Waals surface area contributed by atoms with Crippen LogP contribution in [0.25, 0.3) is 0 Å². The van der Waals surface area contributed by atoms with Crippen LogP contribution >= 0.6 is 12.2 Å². The van der Waals surface area contributed by atoms with E-state index in [0.29, 0.717) is 6.04 Å². The molecule has 114 valence electrons. The molecule has 21 heavy (non-hydrogen) atoms. The second-order valence-corrected chi connectivity index (χ2v) is 5.58. The summed E-state index contributed by atoms with van der Waals surface area (Å²) in [6, 6.07) is 11.1. The molecule has 0 aliphatic heterocycles. The van der Waals surface area contributed by atoms with E-state index in [0.717, 1.165) is 30.8 Å². The molecular weight excluding hydrogens is 278 g/mol. The molecule has 1 atom stereocenters. The van der Waals surface area contributed by atoms with Gasteiger partial charge in [0, 0.05) is 18.4 Å². The zero-order valence-corrected chi connectivity index (χ0v) is 14.0. The molecule has 0 saturated heterocycles. The van der Waals surface area contributed by atoms with Gasteiger partial charge in [-0.25, -0.2) is 0 Å². The third-order valence-electron chi connectivity index (χ3n) is 4.11. The molecule has 2 rings (SSSR count). The third kappa shape index (κ3) is 3.63. The Morgan fingerprint density at radius 3 is 2.38 bits per heavy atom. The predicted octanol–water partition coefficient (Wildman–Crippen LogP) is 4.19. The lowest BCUT2D eigenvalue weighted by atomic mass is 10.0.